The van der Waals surface area contributed by atoms with Crippen molar-refractivity contribution in [1.82, 2.24) is 4.98 Å². The summed E-state index contributed by atoms with van der Waals surface area (Å²) in [7, 11) is 0. The summed E-state index contributed by atoms with van der Waals surface area (Å²) in [5.74, 6) is 0.678. The van der Waals surface area contributed by atoms with Crippen LogP contribution in [0.5, 0.6) is 5.75 Å². The number of hydrogen-bond acceptors (Lipinski definition) is 3. The van der Waals surface area contributed by atoms with Crippen LogP contribution in [0.15, 0.2) is 42.7 Å². The van der Waals surface area contributed by atoms with Gasteiger partial charge in [0.15, 0.2) is 0 Å². The third-order valence-electron chi connectivity index (χ3n) is 2.62. The minimum atomic E-state index is -0.684. The van der Waals surface area contributed by atoms with Crippen molar-refractivity contribution < 1.29 is 9.84 Å². The highest BCUT2D eigenvalue weighted by Gasteiger charge is 2.14. The topological polar surface area (TPSA) is 42.4 Å². The maximum Gasteiger partial charge on any atom is 0.138 e. The summed E-state index contributed by atoms with van der Waals surface area (Å²) in [4.78, 5) is 4.13. The smallest absolute Gasteiger partial charge is 0.138 e. The molecule has 0 aliphatic carbocycles. The van der Waals surface area contributed by atoms with Crippen LogP contribution in [0.4, 0.5) is 0 Å². The molecule has 0 saturated heterocycles. The summed E-state index contributed by atoms with van der Waals surface area (Å²) in [5.41, 5.74) is 1.62. The van der Waals surface area contributed by atoms with E-state index in [4.69, 9.17) is 4.74 Å². The van der Waals surface area contributed by atoms with Gasteiger partial charge in [0.2, 0.25) is 0 Å². The van der Waals surface area contributed by atoms with Crippen molar-refractivity contribution in [3.05, 3.63) is 57.4 Å². The first-order chi connectivity index (χ1) is 9.08. The Labute approximate surface area is 126 Å². The fraction of sp³-hybridized carbons (Fsp3) is 0.267. The van der Waals surface area contributed by atoms with Crippen LogP contribution in [0.25, 0.3) is 0 Å². The molecule has 0 spiro atoms. The Balaban J connectivity index is 2.29. The summed E-state index contributed by atoms with van der Waals surface area (Å²) < 4.78 is 6.63. The average molecular weight is 369 g/mol. The largest absolute Gasteiger partial charge is 0.489 e. The third kappa shape index (κ3) is 3.67. The molecule has 1 unspecified atom stereocenters. The van der Waals surface area contributed by atoms with Gasteiger partial charge in [-0.05, 0) is 54.1 Å². The minimum absolute atomic E-state index is 0.0889. The molecule has 1 heterocycles. The Bertz CT molecular complexity index is 557. The molecule has 0 fully saturated rings. The Hall–Kier alpha value is -1.14. The van der Waals surface area contributed by atoms with E-state index in [-0.39, 0.29) is 6.10 Å². The number of ether oxygens (including phenoxy) is 1. The molecule has 2 aromatic rings. The molecule has 0 aliphatic heterocycles. The Morgan fingerprint density at radius 1 is 1.21 bits per heavy atom. The molecule has 3 nitrogen and oxygen atoms in total. The number of aliphatic hydroxyl groups excluding tert-OH is 1. The quantitative estimate of drug-likeness (QED) is 0.839. The number of rotatable bonds is 4. The van der Waals surface area contributed by atoms with Crippen LogP contribution in [0.1, 0.15) is 31.1 Å². The van der Waals surface area contributed by atoms with Gasteiger partial charge in [0.25, 0.3) is 0 Å². The lowest BCUT2D eigenvalue weighted by Gasteiger charge is -2.15. The van der Waals surface area contributed by atoms with Crippen molar-refractivity contribution in [1.29, 1.82) is 0 Å². The third-order valence-corrected chi connectivity index (χ3v) is 3.60. The maximum atomic E-state index is 10.4. The number of benzene rings is 1. The monoisotopic (exact) mass is 369 g/mol. The normalized spacial score (nSPS) is 12.5. The zero-order chi connectivity index (χ0) is 13.8. The van der Waals surface area contributed by atoms with Gasteiger partial charge in [0, 0.05) is 15.3 Å². The van der Waals surface area contributed by atoms with Crippen molar-refractivity contribution in [2.24, 2.45) is 0 Å². The summed E-state index contributed by atoms with van der Waals surface area (Å²) in [6.07, 6.45) is 2.73. The van der Waals surface area contributed by atoms with Gasteiger partial charge in [-0.2, -0.15) is 0 Å². The van der Waals surface area contributed by atoms with Crippen LogP contribution < -0.4 is 4.74 Å². The fourth-order valence-electron chi connectivity index (χ4n) is 1.80. The van der Waals surface area contributed by atoms with Crippen LogP contribution in [0, 0.1) is 3.57 Å². The van der Waals surface area contributed by atoms with E-state index in [0.29, 0.717) is 5.75 Å². The summed E-state index contributed by atoms with van der Waals surface area (Å²) in [5, 5.41) is 10.4. The van der Waals surface area contributed by atoms with Crippen LogP contribution in [0.2, 0.25) is 0 Å². The lowest BCUT2D eigenvalue weighted by molar-refractivity contribution is 0.215. The van der Waals surface area contributed by atoms with E-state index in [1.54, 1.807) is 12.4 Å². The molecule has 0 bridgehead atoms. The Morgan fingerprint density at radius 2 is 1.95 bits per heavy atom. The first-order valence-electron chi connectivity index (χ1n) is 6.12. The van der Waals surface area contributed by atoms with Crippen LogP contribution in [-0.4, -0.2) is 16.2 Å². The molecular formula is C15H16INO2. The number of nitrogens with zero attached hydrogens (tertiary/aromatic N) is 1. The summed E-state index contributed by atoms with van der Waals surface area (Å²) in [6.45, 7) is 3.92. The highest BCUT2D eigenvalue weighted by Crippen LogP contribution is 2.27. The molecular weight excluding hydrogens is 353 g/mol. The SMILES string of the molecule is CC(C)Oc1cncc(C(O)c2ccccc2I)c1. The predicted molar refractivity (Wildman–Crippen MR) is 83.2 cm³/mol. The van der Waals surface area contributed by atoms with Crippen molar-refractivity contribution in [3.8, 4) is 5.75 Å². The molecule has 100 valence electrons. The summed E-state index contributed by atoms with van der Waals surface area (Å²) in [6, 6.07) is 9.60. The van der Waals surface area contributed by atoms with Gasteiger partial charge in [0.1, 0.15) is 11.9 Å². The van der Waals surface area contributed by atoms with Gasteiger partial charge in [-0.1, -0.05) is 18.2 Å². The first-order valence-corrected chi connectivity index (χ1v) is 7.20. The van der Waals surface area contributed by atoms with Crippen LogP contribution in [0.3, 0.4) is 0 Å². The van der Waals surface area contributed by atoms with E-state index in [2.05, 4.69) is 27.6 Å². The van der Waals surface area contributed by atoms with Crippen molar-refractivity contribution in [2.75, 3.05) is 0 Å². The number of halogens is 1. The molecule has 1 N–H and O–H groups in total. The van der Waals surface area contributed by atoms with Crippen LogP contribution in [-0.2, 0) is 0 Å². The van der Waals surface area contributed by atoms with Gasteiger partial charge >= 0.3 is 0 Å². The van der Waals surface area contributed by atoms with E-state index < -0.39 is 6.10 Å². The van der Waals surface area contributed by atoms with Gasteiger partial charge in [-0.3, -0.25) is 4.98 Å². The van der Waals surface area contributed by atoms with Crippen molar-refractivity contribution in [3.63, 3.8) is 0 Å². The first kappa shape index (κ1) is 14.3. The van der Waals surface area contributed by atoms with Gasteiger partial charge in [0.05, 0.1) is 12.3 Å². The molecule has 0 aliphatic rings. The Morgan fingerprint density at radius 3 is 2.63 bits per heavy atom. The predicted octanol–water partition coefficient (Wildman–Crippen LogP) is 3.56. The maximum absolute atomic E-state index is 10.4. The molecule has 0 saturated carbocycles. The number of hydrogen-bond donors (Lipinski definition) is 1. The van der Waals surface area contributed by atoms with E-state index in [9.17, 15) is 5.11 Å². The highest BCUT2D eigenvalue weighted by atomic mass is 127. The fourth-order valence-corrected chi connectivity index (χ4v) is 2.48. The Kier molecular flexibility index (Phi) is 4.76. The lowest BCUT2D eigenvalue weighted by Crippen LogP contribution is -2.07. The van der Waals surface area contributed by atoms with Crippen molar-refractivity contribution >= 4 is 22.6 Å². The van der Waals surface area contributed by atoms with Gasteiger partial charge in [-0.15, -0.1) is 0 Å². The molecule has 1 aromatic carbocycles. The second kappa shape index (κ2) is 6.34. The molecule has 0 radical (unpaired) electrons. The van der Waals surface area contributed by atoms with Gasteiger partial charge < -0.3 is 9.84 Å². The van der Waals surface area contributed by atoms with Gasteiger partial charge in [-0.25, -0.2) is 0 Å². The molecule has 1 aromatic heterocycles. The molecule has 1 atom stereocenters. The van der Waals surface area contributed by atoms with E-state index in [1.807, 2.05) is 44.2 Å². The van der Waals surface area contributed by atoms with E-state index >= 15 is 0 Å². The number of aromatic nitrogens is 1. The molecule has 2 rings (SSSR count). The highest BCUT2D eigenvalue weighted by molar-refractivity contribution is 14.1. The average Bonchev–Trinajstić information content (AvgIpc) is 2.38. The number of aliphatic hydroxyl groups is 1. The second-order valence-electron chi connectivity index (χ2n) is 4.54. The molecule has 19 heavy (non-hydrogen) atoms. The summed E-state index contributed by atoms with van der Waals surface area (Å²) >= 11 is 2.22. The zero-order valence-corrected chi connectivity index (χ0v) is 13.0. The number of pyridine rings is 1. The van der Waals surface area contributed by atoms with E-state index in [0.717, 1.165) is 14.7 Å². The molecule has 0 amide bonds. The standard InChI is InChI=1S/C15H16INO2/c1-10(2)19-12-7-11(8-17-9-12)15(18)13-5-3-4-6-14(13)16/h3-10,15,18H,1-2H3. The van der Waals surface area contributed by atoms with Crippen LogP contribution >= 0.6 is 22.6 Å². The lowest BCUT2D eigenvalue weighted by atomic mass is 10.0. The van der Waals surface area contributed by atoms with E-state index in [1.165, 1.54) is 0 Å². The minimum Gasteiger partial charge on any atom is -0.489 e. The second-order valence-corrected chi connectivity index (χ2v) is 5.71. The van der Waals surface area contributed by atoms with Crippen molar-refractivity contribution in [2.45, 2.75) is 26.1 Å². The zero-order valence-electron chi connectivity index (χ0n) is 10.9. The molecule has 4 heteroatoms.